The van der Waals surface area contributed by atoms with Gasteiger partial charge in [-0.15, -0.1) is 0 Å². The first kappa shape index (κ1) is 96.2. The van der Waals surface area contributed by atoms with E-state index in [1.165, 1.54) is 16.5 Å². The number of nitrogen functional groups attached to an aromatic ring is 6. The molecule has 0 unspecified atom stereocenters. The number of benzene rings is 6. The maximum atomic E-state index is 12.4. The van der Waals surface area contributed by atoms with E-state index in [1.54, 1.807) is 41.5 Å². The summed E-state index contributed by atoms with van der Waals surface area (Å²) < 4.78 is 28.7. The minimum atomic E-state index is -0.792. The standard InChI is InChI=1S/C35H48ClN9O6.C25H32ClN9O2.C23H29ClN8O2/c1-34(2,3)50-32(47)41-25(42-33(48)51-35(4,5)6)16-10-12-20-49-24-18-17-21(22-14-7-8-15-23(22)24)13-9-11-19-40-31(39)45-30(46)26-28(37)44-29(38)27(36)43-26;26-21-23(30)34-22(29)20(33-21)24(36)35-25(31)32-13-5-3-7-15-11-12-18(17-9-2-1-8-16(15)17)37-14-6-4-10-19(27)28;24-19-21(27)31-20(26)18(30-19)22(33)32-23(28)29-12-4-3-6-14-9-10-17(34-13-5-11-25)16-8-2-1-7-15(14)16/h7-8,14-15,17-18H,9-13,16,19-20H2,1-6H3,(H4,37,38,44)(H3,39,40,45,46)(H,41,42,47,48);1-2,8-9,11-12H,3-7,10,13-14H2,(H3,27,28)(H4,29,30,34)(H3,31,32,35,36);1-2,7-10H,3-6,11-13,25H2,(H4,26,27,31)(H3,28,29,32,33). The van der Waals surface area contributed by atoms with Gasteiger partial charge >= 0.3 is 12.2 Å². The molecule has 0 spiro atoms. The third-order valence-electron chi connectivity index (χ3n) is 17.5. The molecule has 27 N–H and O–H groups in total. The van der Waals surface area contributed by atoms with Crippen LogP contribution < -0.4 is 98.5 Å². The van der Waals surface area contributed by atoms with Crippen molar-refractivity contribution in [3.8, 4) is 17.2 Å². The lowest BCUT2D eigenvalue weighted by Crippen LogP contribution is -2.38. The number of hydrogen-bond donors (Lipinski definition) is 16. The maximum Gasteiger partial charge on any atom is 0.435 e. The third kappa shape index (κ3) is 32.0. The van der Waals surface area contributed by atoms with Gasteiger partial charge in [0.25, 0.3) is 17.7 Å². The Bertz CT molecular complexity index is 5260. The molecule has 0 aliphatic carbocycles. The van der Waals surface area contributed by atoms with Crippen molar-refractivity contribution in [1.29, 1.82) is 5.41 Å². The van der Waals surface area contributed by atoms with Crippen molar-refractivity contribution in [2.75, 3.05) is 80.4 Å². The highest BCUT2D eigenvalue weighted by atomic mass is 35.5. The summed E-state index contributed by atoms with van der Waals surface area (Å²) in [5, 5.41) is 23.3. The van der Waals surface area contributed by atoms with Crippen LogP contribution >= 0.6 is 34.8 Å². The number of amidine groups is 2. The number of carbonyl (C=O) groups is 5. The number of aliphatic imine (C=N–C) groups is 4. The van der Waals surface area contributed by atoms with Crippen molar-refractivity contribution in [3.63, 3.8) is 0 Å². The van der Waals surface area contributed by atoms with Gasteiger partial charge < -0.3 is 86.8 Å². The highest BCUT2D eigenvalue weighted by molar-refractivity contribution is 6.32. The summed E-state index contributed by atoms with van der Waals surface area (Å²) in [6.45, 7) is 13.9. The number of rotatable bonds is 34. The zero-order chi connectivity index (χ0) is 89.1. The van der Waals surface area contributed by atoms with Crippen LogP contribution in [-0.4, -0.2) is 147 Å². The van der Waals surface area contributed by atoms with Crippen LogP contribution in [0.2, 0.25) is 15.5 Å². The van der Waals surface area contributed by atoms with E-state index in [-0.39, 0.29) is 97.0 Å². The molecule has 0 saturated heterocycles. The van der Waals surface area contributed by atoms with Crippen LogP contribution in [-0.2, 0) is 28.7 Å². The number of amides is 5. The molecule has 6 aromatic carbocycles. The monoisotopic (exact) mass is 1730 g/mol. The second-order valence-electron chi connectivity index (χ2n) is 29.5. The number of nitrogens with two attached hydrogens (primary N) is 11. The molecule has 0 bridgehead atoms. The van der Waals surface area contributed by atoms with Gasteiger partial charge in [-0.05, 0) is 189 Å². The average Bonchev–Trinajstić information content (AvgIpc) is 0.797. The van der Waals surface area contributed by atoms with Gasteiger partial charge in [-0.3, -0.25) is 56.0 Å². The van der Waals surface area contributed by atoms with Gasteiger partial charge in [-0.1, -0.05) is 126 Å². The Morgan fingerprint density at radius 3 is 1.03 bits per heavy atom. The Balaban J connectivity index is 0.000000258. The average molecular weight is 1740 g/mol. The molecule has 0 aliphatic rings. The highest BCUT2D eigenvalue weighted by Crippen LogP contribution is 2.34. The number of fused-ring (bicyclic) bond motifs is 3. The molecular weight excluding hydrogens is 1630 g/mol. The Kier molecular flexibility index (Phi) is 37.7. The SMILES string of the molecule is CC(C)(C)OC(=O)N=C(CCCCOc1ccc(CCCCN=C(N)NC(=O)c2nc(Cl)c(N)nc2N)c2ccccc12)NC(=O)OC(C)(C)C.N=C(N)CCCCOc1ccc(CCCCN=C(N)NC(=O)c2nc(Cl)c(N)nc2N)c2ccccc12.NCCCOc1ccc(CCCCN=C(N)NC(=O)c2nc(Cl)c(N)nc2N)c2ccccc12. The molecule has 0 saturated carbocycles. The zero-order valence-electron chi connectivity index (χ0n) is 69.2. The molecule has 9 rings (SSSR count). The van der Waals surface area contributed by atoms with E-state index in [1.807, 2.05) is 60.7 Å². The quantitative estimate of drug-likeness (QED) is 0.0101. The number of anilines is 6. The fourth-order valence-corrected chi connectivity index (χ4v) is 12.2. The van der Waals surface area contributed by atoms with Gasteiger partial charge in [0.2, 0.25) is 0 Å². The number of guanidine groups is 3. The van der Waals surface area contributed by atoms with Crippen LogP contribution in [0, 0.1) is 5.41 Å². The van der Waals surface area contributed by atoms with E-state index >= 15 is 0 Å². The van der Waals surface area contributed by atoms with Crippen LogP contribution in [0.1, 0.15) is 173 Å². The molecule has 0 fully saturated rings. The number of unbranched alkanes of at least 4 members (excludes halogenated alkanes) is 5. The van der Waals surface area contributed by atoms with Crippen molar-refractivity contribution < 1.29 is 47.7 Å². The Morgan fingerprint density at radius 2 is 0.713 bits per heavy atom. The summed E-state index contributed by atoms with van der Waals surface area (Å²) in [5.41, 5.74) is 63.8. The molecule has 0 aliphatic heterocycles. The molecule has 3 heterocycles. The Hall–Kier alpha value is -12.9. The maximum absolute atomic E-state index is 12.4. The summed E-state index contributed by atoms with van der Waals surface area (Å²) >= 11 is 17.5. The second kappa shape index (κ2) is 47.8. The number of ether oxygens (including phenoxy) is 5. The molecule has 9 aromatic rings. The van der Waals surface area contributed by atoms with Gasteiger partial charge in [0.15, 0.2) is 85.3 Å². The van der Waals surface area contributed by atoms with Gasteiger partial charge in [0, 0.05) is 48.6 Å². The van der Waals surface area contributed by atoms with E-state index in [9.17, 15) is 24.0 Å². The van der Waals surface area contributed by atoms with E-state index in [0.717, 1.165) is 127 Å². The lowest BCUT2D eigenvalue weighted by Gasteiger charge is -2.20. The predicted octanol–water partition coefficient (Wildman–Crippen LogP) is 11.2. The molecule has 652 valence electrons. The number of carbonyl (C=O) groups excluding carboxylic acids is 5. The molecule has 36 nitrogen and oxygen atoms in total. The Labute approximate surface area is 722 Å². The molecular formula is C83H109Cl3N26O10. The summed E-state index contributed by atoms with van der Waals surface area (Å²) in [4.78, 5) is 101. The second-order valence-corrected chi connectivity index (χ2v) is 30.6. The van der Waals surface area contributed by atoms with Crippen molar-refractivity contribution in [2.45, 2.75) is 155 Å². The van der Waals surface area contributed by atoms with Crippen LogP contribution in [0.5, 0.6) is 17.2 Å². The van der Waals surface area contributed by atoms with Gasteiger partial charge in [-0.2, -0.15) is 4.99 Å². The van der Waals surface area contributed by atoms with E-state index < -0.39 is 41.1 Å². The fraction of sp³-hybridized carbons (Fsp3) is 0.373. The van der Waals surface area contributed by atoms with Crippen LogP contribution in [0.4, 0.5) is 44.5 Å². The lowest BCUT2D eigenvalue weighted by molar-refractivity contribution is 0.0560. The normalized spacial score (nSPS) is 11.9. The summed E-state index contributed by atoms with van der Waals surface area (Å²) in [5.74, 6) is 0.00250. The first-order chi connectivity index (χ1) is 58.1. The fourth-order valence-electron chi connectivity index (χ4n) is 11.8. The molecule has 122 heavy (non-hydrogen) atoms. The zero-order valence-corrected chi connectivity index (χ0v) is 71.5. The number of halogens is 3. The van der Waals surface area contributed by atoms with Gasteiger partial charge in [0.05, 0.1) is 25.7 Å². The highest BCUT2D eigenvalue weighted by Gasteiger charge is 2.24. The van der Waals surface area contributed by atoms with Crippen molar-refractivity contribution in [3.05, 3.63) is 158 Å². The number of hydrogen-bond acceptors (Lipinski definition) is 27. The van der Waals surface area contributed by atoms with E-state index in [0.29, 0.717) is 71.7 Å². The van der Waals surface area contributed by atoms with Gasteiger partial charge in [-0.25, -0.2) is 39.5 Å². The lowest BCUT2D eigenvalue weighted by atomic mass is 9.99. The Morgan fingerprint density at radius 1 is 0.393 bits per heavy atom. The first-order valence-electron chi connectivity index (χ1n) is 39.4. The number of nitrogens with one attached hydrogen (secondary N) is 5. The van der Waals surface area contributed by atoms with Crippen molar-refractivity contribution in [1.82, 2.24) is 51.2 Å². The van der Waals surface area contributed by atoms with Gasteiger partial charge in [0.1, 0.15) is 34.3 Å². The van der Waals surface area contributed by atoms with Crippen molar-refractivity contribution in [2.24, 2.45) is 48.6 Å². The summed E-state index contributed by atoms with van der Waals surface area (Å²) in [6.07, 6.45) is 10.5. The third-order valence-corrected chi connectivity index (χ3v) is 18.3. The molecule has 39 heteroatoms. The summed E-state index contributed by atoms with van der Waals surface area (Å²) in [6, 6.07) is 36.6. The van der Waals surface area contributed by atoms with Crippen LogP contribution in [0.3, 0.4) is 0 Å². The number of alkyl carbamates (subject to hydrolysis) is 1. The number of aryl methyl sites for hydroxylation is 3. The molecule has 5 amide bonds. The topological polar surface area (TPSA) is 616 Å². The molecule has 0 atom stereocenters. The molecule has 0 radical (unpaired) electrons. The number of aromatic nitrogens is 6. The van der Waals surface area contributed by atoms with E-state index in [4.69, 9.17) is 127 Å². The minimum Gasteiger partial charge on any atom is -0.493 e. The molecule has 3 aromatic heterocycles. The minimum absolute atomic E-state index is 0.0384. The smallest absolute Gasteiger partial charge is 0.435 e. The van der Waals surface area contributed by atoms with Crippen LogP contribution in [0.25, 0.3) is 32.3 Å². The largest absolute Gasteiger partial charge is 0.493 e. The summed E-state index contributed by atoms with van der Waals surface area (Å²) in [7, 11) is 0. The van der Waals surface area contributed by atoms with Crippen LogP contribution in [0.15, 0.2) is 129 Å². The number of nitrogens with zero attached hydrogens (tertiary/aromatic N) is 10. The predicted molar refractivity (Wildman–Crippen MR) is 483 cm³/mol. The van der Waals surface area contributed by atoms with Crippen molar-refractivity contribution >= 4 is 161 Å². The first-order valence-corrected chi connectivity index (χ1v) is 40.5. The van der Waals surface area contributed by atoms with E-state index in [2.05, 4.69) is 120 Å².